The summed E-state index contributed by atoms with van der Waals surface area (Å²) < 4.78 is 1.50. The normalized spacial score (nSPS) is 11.7. The molecule has 1 N–H and O–H groups in total. The van der Waals surface area contributed by atoms with Crippen LogP contribution in [0.5, 0.6) is 0 Å². The first-order valence-corrected chi connectivity index (χ1v) is 4.64. The molecule has 4 nitrogen and oxygen atoms in total. The van der Waals surface area contributed by atoms with Crippen LogP contribution in [0.4, 0.5) is 0 Å². The SMILES string of the molecule is Cc1cc(=O)n(CCC(C)(C)O)cn1. The van der Waals surface area contributed by atoms with Crippen LogP contribution in [0.25, 0.3) is 0 Å². The molecule has 4 heteroatoms. The molecule has 0 aromatic carbocycles. The van der Waals surface area contributed by atoms with Gasteiger partial charge >= 0.3 is 0 Å². The van der Waals surface area contributed by atoms with Crippen LogP contribution >= 0.6 is 0 Å². The first kappa shape index (κ1) is 10.9. The molecule has 0 atom stereocenters. The van der Waals surface area contributed by atoms with Crippen molar-refractivity contribution in [2.75, 3.05) is 0 Å². The fourth-order valence-electron chi connectivity index (χ4n) is 1.08. The highest BCUT2D eigenvalue weighted by Gasteiger charge is 2.12. The van der Waals surface area contributed by atoms with E-state index < -0.39 is 5.60 Å². The van der Waals surface area contributed by atoms with Gasteiger partial charge in [-0.25, -0.2) is 4.98 Å². The molecule has 1 aromatic rings. The third kappa shape index (κ3) is 3.30. The molecule has 1 aromatic heterocycles. The highest BCUT2D eigenvalue weighted by Crippen LogP contribution is 2.07. The Bertz CT molecular complexity index is 363. The highest BCUT2D eigenvalue weighted by atomic mass is 16.3. The molecule has 0 aliphatic heterocycles. The van der Waals surface area contributed by atoms with Crippen molar-refractivity contribution in [2.24, 2.45) is 0 Å². The molecule has 0 aliphatic rings. The predicted molar refractivity (Wildman–Crippen MR) is 54.1 cm³/mol. The third-order valence-electron chi connectivity index (χ3n) is 1.98. The van der Waals surface area contributed by atoms with Crippen LogP contribution in [-0.2, 0) is 6.54 Å². The highest BCUT2D eigenvalue weighted by molar-refractivity contribution is 4.96. The van der Waals surface area contributed by atoms with Gasteiger partial charge in [-0.05, 0) is 27.2 Å². The van der Waals surface area contributed by atoms with Crippen LogP contribution in [0.3, 0.4) is 0 Å². The van der Waals surface area contributed by atoms with E-state index in [2.05, 4.69) is 4.98 Å². The summed E-state index contributed by atoms with van der Waals surface area (Å²) in [6.45, 7) is 5.72. The van der Waals surface area contributed by atoms with E-state index in [-0.39, 0.29) is 5.56 Å². The zero-order valence-electron chi connectivity index (χ0n) is 8.82. The molecule has 1 heterocycles. The Labute approximate surface area is 83.2 Å². The lowest BCUT2D eigenvalue weighted by Crippen LogP contribution is -2.26. The minimum Gasteiger partial charge on any atom is -0.390 e. The Morgan fingerprint density at radius 1 is 1.57 bits per heavy atom. The van der Waals surface area contributed by atoms with E-state index in [1.807, 2.05) is 0 Å². The van der Waals surface area contributed by atoms with Crippen molar-refractivity contribution in [3.8, 4) is 0 Å². The minimum atomic E-state index is -0.746. The van der Waals surface area contributed by atoms with E-state index in [1.54, 1.807) is 20.8 Å². The van der Waals surface area contributed by atoms with Gasteiger partial charge in [0, 0.05) is 18.3 Å². The van der Waals surface area contributed by atoms with Gasteiger partial charge in [0.15, 0.2) is 0 Å². The van der Waals surface area contributed by atoms with E-state index in [9.17, 15) is 9.90 Å². The van der Waals surface area contributed by atoms with Crippen molar-refractivity contribution in [3.05, 3.63) is 28.4 Å². The van der Waals surface area contributed by atoms with Gasteiger partial charge in [0.25, 0.3) is 5.56 Å². The van der Waals surface area contributed by atoms with Crippen LogP contribution < -0.4 is 5.56 Å². The summed E-state index contributed by atoms with van der Waals surface area (Å²) in [6.07, 6.45) is 2.06. The van der Waals surface area contributed by atoms with Crippen molar-refractivity contribution in [2.45, 2.75) is 39.3 Å². The van der Waals surface area contributed by atoms with Crippen molar-refractivity contribution >= 4 is 0 Å². The monoisotopic (exact) mass is 196 g/mol. The maximum absolute atomic E-state index is 11.4. The summed E-state index contributed by atoms with van der Waals surface area (Å²) in [5.41, 5.74) is -0.0964. The Morgan fingerprint density at radius 2 is 2.21 bits per heavy atom. The average molecular weight is 196 g/mol. The molecular weight excluding hydrogens is 180 g/mol. The molecule has 1 rings (SSSR count). The summed E-state index contributed by atoms with van der Waals surface area (Å²) >= 11 is 0. The number of hydrogen-bond donors (Lipinski definition) is 1. The van der Waals surface area contributed by atoms with Gasteiger partial charge in [0.1, 0.15) is 0 Å². The van der Waals surface area contributed by atoms with E-state index in [4.69, 9.17) is 0 Å². The standard InChI is InChI=1S/C10H16N2O2/c1-8-6-9(13)12(7-11-8)5-4-10(2,3)14/h6-7,14H,4-5H2,1-3H3. The number of aryl methyl sites for hydroxylation is 2. The molecule has 0 bridgehead atoms. The largest absolute Gasteiger partial charge is 0.390 e. The van der Waals surface area contributed by atoms with Crippen LogP contribution in [-0.4, -0.2) is 20.3 Å². The first-order valence-electron chi connectivity index (χ1n) is 4.64. The summed E-state index contributed by atoms with van der Waals surface area (Å²) in [7, 11) is 0. The average Bonchev–Trinajstić information content (AvgIpc) is 2.00. The molecule has 0 aliphatic carbocycles. The van der Waals surface area contributed by atoms with Crippen LogP contribution in [0.2, 0.25) is 0 Å². The quantitative estimate of drug-likeness (QED) is 0.774. The smallest absolute Gasteiger partial charge is 0.253 e. The van der Waals surface area contributed by atoms with Crippen LogP contribution in [0.1, 0.15) is 26.0 Å². The van der Waals surface area contributed by atoms with Crippen molar-refractivity contribution in [1.29, 1.82) is 0 Å². The molecular formula is C10H16N2O2. The zero-order valence-corrected chi connectivity index (χ0v) is 8.82. The number of rotatable bonds is 3. The first-order chi connectivity index (χ1) is 6.38. The van der Waals surface area contributed by atoms with Gasteiger partial charge < -0.3 is 5.11 Å². The summed E-state index contributed by atoms with van der Waals surface area (Å²) in [6, 6.07) is 1.49. The van der Waals surface area contributed by atoms with Gasteiger partial charge in [-0.3, -0.25) is 9.36 Å². The van der Waals surface area contributed by atoms with Crippen LogP contribution in [0, 0.1) is 6.92 Å². The number of aliphatic hydroxyl groups is 1. The van der Waals surface area contributed by atoms with Crippen LogP contribution in [0.15, 0.2) is 17.2 Å². The predicted octanol–water partition coefficient (Wildman–Crippen LogP) is 0.713. The Kier molecular flexibility index (Phi) is 3.06. The number of nitrogens with zero attached hydrogens (tertiary/aromatic N) is 2. The lowest BCUT2D eigenvalue weighted by atomic mass is 10.1. The number of hydrogen-bond acceptors (Lipinski definition) is 3. The second-order valence-electron chi connectivity index (χ2n) is 4.12. The topological polar surface area (TPSA) is 55.1 Å². The lowest BCUT2D eigenvalue weighted by molar-refractivity contribution is 0.0658. The van der Waals surface area contributed by atoms with Gasteiger partial charge in [-0.15, -0.1) is 0 Å². The van der Waals surface area contributed by atoms with E-state index >= 15 is 0 Å². The Morgan fingerprint density at radius 3 is 2.71 bits per heavy atom. The summed E-state index contributed by atoms with van der Waals surface area (Å²) in [4.78, 5) is 15.4. The number of aromatic nitrogens is 2. The maximum atomic E-state index is 11.4. The zero-order chi connectivity index (χ0) is 10.8. The van der Waals surface area contributed by atoms with Crippen molar-refractivity contribution < 1.29 is 5.11 Å². The van der Waals surface area contributed by atoms with Gasteiger partial charge in [-0.1, -0.05) is 0 Å². The van der Waals surface area contributed by atoms with Gasteiger partial charge in [-0.2, -0.15) is 0 Å². The Balaban J connectivity index is 2.74. The van der Waals surface area contributed by atoms with Gasteiger partial charge in [0.05, 0.1) is 11.9 Å². The van der Waals surface area contributed by atoms with Crippen molar-refractivity contribution in [3.63, 3.8) is 0 Å². The molecule has 0 amide bonds. The minimum absolute atomic E-state index is 0.0678. The second kappa shape index (κ2) is 3.92. The van der Waals surface area contributed by atoms with Crippen molar-refractivity contribution in [1.82, 2.24) is 9.55 Å². The van der Waals surface area contributed by atoms with E-state index in [1.165, 1.54) is 17.0 Å². The summed E-state index contributed by atoms with van der Waals surface area (Å²) in [5, 5.41) is 9.49. The molecule has 0 saturated heterocycles. The second-order valence-corrected chi connectivity index (χ2v) is 4.12. The lowest BCUT2D eigenvalue weighted by Gasteiger charge is -2.17. The molecule has 0 unspecified atom stereocenters. The molecule has 0 fully saturated rings. The molecule has 78 valence electrons. The van der Waals surface area contributed by atoms with Gasteiger partial charge in [0.2, 0.25) is 0 Å². The third-order valence-corrected chi connectivity index (χ3v) is 1.98. The maximum Gasteiger partial charge on any atom is 0.253 e. The molecule has 0 spiro atoms. The Hall–Kier alpha value is -1.16. The molecule has 0 saturated carbocycles. The van der Waals surface area contributed by atoms with E-state index in [0.29, 0.717) is 13.0 Å². The van der Waals surface area contributed by atoms with E-state index in [0.717, 1.165) is 5.69 Å². The fraction of sp³-hybridized carbons (Fsp3) is 0.600. The summed E-state index contributed by atoms with van der Waals surface area (Å²) in [5.74, 6) is 0. The fourth-order valence-corrected chi connectivity index (χ4v) is 1.08. The molecule has 14 heavy (non-hydrogen) atoms. The molecule has 0 radical (unpaired) electrons.